The predicted octanol–water partition coefficient (Wildman–Crippen LogP) is 2.69. The van der Waals surface area contributed by atoms with Gasteiger partial charge in [0.05, 0.1) is 11.2 Å². The number of fused-ring (bicyclic) bond motifs is 1. The average molecular weight is 364 g/mol. The summed E-state index contributed by atoms with van der Waals surface area (Å²) in [6.45, 7) is 5.16. The number of hydrogen-bond donors (Lipinski definition) is 3. The molecule has 0 unspecified atom stereocenters. The summed E-state index contributed by atoms with van der Waals surface area (Å²) in [7, 11) is 0. The van der Waals surface area contributed by atoms with Crippen molar-refractivity contribution in [3.05, 3.63) is 55.1 Å². The smallest absolute Gasteiger partial charge is 0.242 e. The van der Waals surface area contributed by atoms with Crippen LogP contribution < -0.4 is 16.0 Å². The van der Waals surface area contributed by atoms with Gasteiger partial charge in [-0.25, -0.2) is 9.97 Å². The molecule has 1 atom stereocenters. The van der Waals surface area contributed by atoms with Crippen molar-refractivity contribution < 1.29 is 4.79 Å². The zero-order valence-corrected chi connectivity index (χ0v) is 15.5. The molecular formula is C20H24N6O. The van der Waals surface area contributed by atoms with Crippen LogP contribution in [0.2, 0.25) is 0 Å². The van der Waals surface area contributed by atoms with Gasteiger partial charge in [0.2, 0.25) is 5.91 Å². The Balaban J connectivity index is 1.60. The molecule has 1 aromatic carbocycles. The Hall–Kier alpha value is -3.22. The van der Waals surface area contributed by atoms with E-state index in [1.807, 2.05) is 50.2 Å². The summed E-state index contributed by atoms with van der Waals surface area (Å²) in [4.78, 5) is 25.3. The van der Waals surface area contributed by atoms with E-state index in [-0.39, 0.29) is 17.9 Å². The van der Waals surface area contributed by atoms with E-state index >= 15 is 0 Å². The number of carbonyl (C=O) groups excluding carboxylic acids is 1. The third-order valence-corrected chi connectivity index (χ3v) is 4.20. The number of rotatable bonds is 8. The first kappa shape index (κ1) is 18.6. The van der Waals surface area contributed by atoms with Crippen molar-refractivity contribution in [2.75, 3.05) is 23.7 Å². The molecule has 3 rings (SSSR count). The maximum absolute atomic E-state index is 12.7. The Kier molecular flexibility index (Phi) is 6.14. The molecule has 3 aromatic rings. The van der Waals surface area contributed by atoms with Crippen LogP contribution in [0.5, 0.6) is 0 Å². The summed E-state index contributed by atoms with van der Waals surface area (Å²) < 4.78 is 0. The minimum Gasteiger partial charge on any atom is -0.382 e. The second-order valence-corrected chi connectivity index (χ2v) is 6.56. The van der Waals surface area contributed by atoms with Gasteiger partial charge in [0.1, 0.15) is 18.2 Å². The fourth-order valence-corrected chi connectivity index (χ4v) is 2.77. The van der Waals surface area contributed by atoms with Crippen molar-refractivity contribution in [2.45, 2.75) is 19.9 Å². The molecule has 0 saturated carbocycles. The normalized spacial score (nSPS) is 12.0. The standard InChI is InChI=1S/C20H24N6O/c1-14(2)18(20(27)23-11-10-22-15-6-5-9-21-12-15)26-19-16-7-3-4-8-17(16)24-13-25-19/h3-9,12-14,18,22H,10-11H2,1-2H3,(H,23,27)(H,24,25,26)/t18-/m0/s1. The predicted molar refractivity (Wildman–Crippen MR) is 108 cm³/mol. The Labute approximate surface area is 158 Å². The molecule has 0 saturated heterocycles. The van der Waals surface area contributed by atoms with Gasteiger partial charge >= 0.3 is 0 Å². The molecule has 140 valence electrons. The third-order valence-electron chi connectivity index (χ3n) is 4.20. The minimum absolute atomic E-state index is 0.0549. The quantitative estimate of drug-likeness (QED) is 0.532. The number of hydrogen-bond acceptors (Lipinski definition) is 6. The van der Waals surface area contributed by atoms with Gasteiger partial charge in [-0.3, -0.25) is 9.78 Å². The molecular weight excluding hydrogens is 340 g/mol. The van der Waals surface area contributed by atoms with Crippen molar-refractivity contribution in [3.8, 4) is 0 Å². The number of amides is 1. The Bertz CT molecular complexity index is 879. The van der Waals surface area contributed by atoms with E-state index in [4.69, 9.17) is 0 Å². The van der Waals surface area contributed by atoms with Gasteiger partial charge in [0.25, 0.3) is 0 Å². The van der Waals surface area contributed by atoms with E-state index in [1.165, 1.54) is 6.33 Å². The molecule has 7 heteroatoms. The summed E-state index contributed by atoms with van der Waals surface area (Å²) in [5.41, 5.74) is 1.77. The number of para-hydroxylation sites is 1. The maximum Gasteiger partial charge on any atom is 0.242 e. The number of benzene rings is 1. The van der Waals surface area contributed by atoms with Crippen LogP contribution in [0.4, 0.5) is 11.5 Å². The summed E-state index contributed by atoms with van der Waals surface area (Å²) in [6, 6.07) is 11.2. The Morgan fingerprint density at radius 2 is 1.93 bits per heavy atom. The second-order valence-electron chi connectivity index (χ2n) is 6.56. The van der Waals surface area contributed by atoms with Crippen LogP contribution in [0, 0.1) is 5.92 Å². The van der Waals surface area contributed by atoms with E-state index in [0.29, 0.717) is 18.9 Å². The summed E-state index contributed by atoms with van der Waals surface area (Å²) in [5.74, 6) is 0.716. The second kappa shape index (κ2) is 8.93. The van der Waals surface area contributed by atoms with Gasteiger partial charge in [0.15, 0.2) is 0 Å². The van der Waals surface area contributed by atoms with E-state index in [0.717, 1.165) is 16.6 Å². The molecule has 7 nitrogen and oxygen atoms in total. The number of nitrogens with zero attached hydrogens (tertiary/aromatic N) is 3. The largest absolute Gasteiger partial charge is 0.382 e. The molecule has 1 amide bonds. The Morgan fingerprint density at radius 3 is 2.70 bits per heavy atom. The lowest BCUT2D eigenvalue weighted by molar-refractivity contribution is -0.122. The Morgan fingerprint density at radius 1 is 1.07 bits per heavy atom. The van der Waals surface area contributed by atoms with Crippen LogP contribution in [0.3, 0.4) is 0 Å². The molecule has 0 bridgehead atoms. The highest BCUT2D eigenvalue weighted by Gasteiger charge is 2.22. The first-order chi connectivity index (χ1) is 13.1. The van der Waals surface area contributed by atoms with Crippen LogP contribution in [-0.4, -0.2) is 40.0 Å². The number of anilines is 2. The summed E-state index contributed by atoms with van der Waals surface area (Å²) >= 11 is 0. The summed E-state index contributed by atoms with van der Waals surface area (Å²) in [5, 5.41) is 10.4. The maximum atomic E-state index is 12.7. The zero-order valence-electron chi connectivity index (χ0n) is 15.5. The van der Waals surface area contributed by atoms with Gasteiger partial charge in [-0.2, -0.15) is 0 Å². The molecule has 3 N–H and O–H groups in total. The van der Waals surface area contributed by atoms with Crippen LogP contribution in [-0.2, 0) is 4.79 Å². The molecule has 0 spiro atoms. The van der Waals surface area contributed by atoms with Crippen LogP contribution in [0.15, 0.2) is 55.1 Å². The van der Waals surface area contributed by atoms with Gasteiger partial charge in [-0.1, -0.05) is 26.0 Å². The highest BCUT2D eigenvalue weighted by molar-refractivity contribution is 5.92. The average Bonchev–Trinajstić information content (AvgIpc) is 2.70. The van der Waals surface area contributed by atoms with Gasteiger partial charge in [-0.05, 0) is 30.2 Å². The van der Waals surface area contributed by atoms with Crippen LogP contribution >= 0.6 is 0 Å². The molecule has 2 heterocycles. The monoisotopic (exact) mass is 364 g/mol. The first-order valence-electron chi connectivity index (χ1n) is 9.03. The first-order valence-corrected chi connectivity index (χ1v) is 9.03. The summed E-state index contributed by atoms with van der Waals surface area (Å²) in [6.07, 6.45) is 4.99. The third kappa shape index (κ3) is 4.91. The SMILES string of the molecule is CC(C)[C@H](Nc1ncnc2ccccc12)C(=O)NCCNc1cccnc1. The topological polar surface area (TPSA) is 91.8 Å². The van der Waals surface area contributed by atoms with Crippen LogP contribution in [0.1, 0.15) is 13.8 Å². The van der Waals surface area contributed by atoms with E-state index in [2.05, 4.69) is 30.9 Å². The van der Waals surface area contributed by atoms with E-state index in [9.17, 15) is 4.79 Å². The van der Waals surface area contributed by atoms with Gasteiger partial charge < -0.3 is 16.0 Å². The number of nitrogens with one attached hydrogen (secondary N) is 3. The number of aromatic nitrogens is 3. The van der Waals surface area contributed by atoms with Crippen molar-refractivity contribution in [1.82, 2.24) is 20.3 Å². The van der Waals surface area contributed by atoms with E-state index < -0.39 is 0 Å². The minimum atomic E-state index is -0.387. The van der Waals surface area contributed by atoms with Gasteiger partial charge in [0, 0.05) is 30.9 Å². The van der Waals surface area contributed by atoms with Crippen molar-refractivity contribution in [1.29, 1.82) is 0 Å². The lowest BCUT2D eigenvalue weighted by atomic mass is 10.0. The molecule has 0 aliphatic carbocycles. The van der Waals surface area contributed by atoms with Crippen molar-refractivity contribution in [3.63, 3.8) is 0 Å². The number of carbonyl (C=O) groups is 1. The lowest BCUT2D eigenvalue weighted by Gasteiger charge is -2.23. The zero-order chi connectivity index (χ0) is 19.1. The van der Waals surface area contributed by atoms with E-state index in [1.54, 1.807) is 12.4 Å². The highest BCUT2D eigenvalue weighted by Crippen LogP contribution is 2.20. The lowest BCUT2D eigenvalue weighted by Crippen LogP contribution is -2.44. The fourth-order valence-electron chi connectivity index (χ4n) is 2.77. The number of pyridine rings is 1. The van der Waals surface area contributed by atoms with Crippen LogP contribution in [0.25, 0.3) is 10.9 Å². The molecule has 0 aliphatic heterocycles. The fraction of sp³-hybridized carbons (Fsp3) is 0.300. The van der Waals surface area contributed by atoms with Gasteiger partial charge in [-0.15, -0.1) is 0 Å². The molecule has 0 fully saturated rings. The molecule has 0 radical (unpaired) electrons. The molecule has 2 aromatic heterocycles. The van der Waals surface area contributed by atoms with Crippen molar-refractivity contribution >= 4 is 28.3 Å². The molecule has 0 aliphatic rings. The highest BCUT2D eigenvalue weighted by atomic mass is 16.2. The van der Waals surface area contributed by atoms with Crippen molar-refractivity contribution in [2.24, 2.45) is 5.92 Å². The molecule has 27 heavy (non-hydrogen) atoms.